The standard InChI is InChI=1S/C36H40N6O7S/c1-3-49-33-29(5-4-12-38-33)36(20-32(43)41-24-35(25-41)22-40(23-35)14-13-39-15-17-48-18-16-39)30-19-26(21-37)6-11-31(30)42(34(36)44)50(45,46)28-9-7-27(47-2)8-10-28/h4-12,19H,3,13-18,20,22-25H2,1-2H3. The highest BCUT2D eigenvalue weighted by Gasteiger charge is 2.60. The Kier molecular flexibility index (Phi) is 9.02. The summed E-state index contributed by atoms with van der Waals surface area (Å²) in [5.74, 6) is -0.567. The number of hydrogen-bond donors (Lipinski definition) is 0. The third-order valence-corrected chi connectivity index (χ3v) is 12.0. The van der Waals surface area contributed by atoms with Gasteiger partial charge in [-0.3, -0.25) is 14.5 Å². The molecular weight excluding hydrogens is 660 g/mol. The average Bonchev–Trinajstić information content (AvgIpc) is 3.35. The molecule has 0 saturated carbocycles. The Morgan fingerprint density at radius 2 is 1.72 bits per heavy atom. The minimum Gasteiger partial charge on any atom is -0.497 e. The second kappa shape index (κ2) is 13.3. The fraction of sp³-hybridized carbons (Fsp3) is 0.444. The minimum atomic E-state index is -4.49. The molecule has 14 heteroatoms. The number of aromatic nitrogens is 1. The quantitative estimate of drug-likeness (QED) is 0.290. The first-order valence-electron chi connectivity index (χ1n) is 16.8. The van der Waals surface area contributed by atoms with Crippen molar-refractivity contribution in [3.63, 3.8) is 0 Å². The van der Waals surface area contributed by atoms with Gasteiger partial charge in [-0.1, -0.05) is 6.07 Å². The van der Waals surface area contributed by atoms with E-state index in [0.717, 1.165) is 56.8 Å². The second-order valence-corrected chi connectivity index (χ2v) is 15.2. The summed E-state index contributed by atoms with van der Waals surface area (Å²) in [7, 11) is -3.02. The van der Waals surface area contributed by atoms with Crippen LogP contribution in [0.5, 0.6) is 11.6 Å². The van der Waals surface area contributed by atoms with E-state index in [1.165, 1.54) is 55.8 Å². The fourth-order valence-corrected chi connectivity index (χ4v) is 9.24. The molecule has 4 aliphatic rings. The Morgan fingerprint density at radius 3 is 2.40 bits per heavy atom. The Labute approximate surface area is 292 Å². The average molecular weight is 701 g/mol. The van der Waals surface area contributed by atoms with Crippen molar-refractivity contribution in [2.45, 2.75) is 23.7 Å². The molecule has 50 heavy (non-hydrogen) atoms. The summed E-state index contributed by atoms with van der Waals surface area (Å²) in [5, 5.41) is 9.91. The normalized spacial score (nSPS) is 21.7. The summed E-state index contributed by atoms with van der Waals surface area (Å²) in [5.41, 5.74) is -1.06. The number of pyridine rings is 1. The number of sulfonamides is 1. The van der Waals surface area contributed by atoms with E-state index in [0.29, 0.717) is 18.8 Å². The van der Waals surface area contributed by atoms with Gasteiger partial charge in [-0.25, -0.2) is 17.7 Å². The molecule has 0 N–H and O–H groups in total. The number of carbonyl (C=O) groups excluding carboxylic acids is 2. The van der Waals surface area contributed by atoms with E-state index in [1.54, 1.807) is 24.0 Å². The van der Waals surface area contributed by atoms with Gasteiger partial charge in [-0.2, -0.15) is 5.26 Å². The van der Waals surface area contributed by atoms with E-state index in [2.05, 4.69) is 20.9 Å². The van der Waals surface area contributed by atoms with E-state index in [1.807, 2.05) is 0 Å². The van der Waals surface area contributed by atoms with Crippen molar-refractivity contribution >= 4 is 27.5 Å². The van der Waals surface area contributed by atoms with Crippen LogP contribution < -0.4 is 13.8 Å². The van der Waals surface area contributed by atoms with Gasteiger partial charge in [0.2, 0.25) is 11.8 Å². The third-order valence-electron chi connectivity index (χ3n) is 10.2. The summed E-state index contributed by atoms with van der Waals surface area (Å²) in [4.78, 5) is 40.2. The Hall–Kier alpha value is -4.55. The predicted molar refractivity (Wildman–Crippen MR) is 182 cm³/mol. The first kappa shape index (κ1) is 33.9. The molecule has 3 fully saturated rings. The van der Waals surface area contributed by atoms with Gasteiger partial charge in [0.15, 0.2) is 0 Å². The van der Waals surface area contributed by atoms with Crippen LogP contribution >= 0.6 is 0 Å². The number of anilines is 1. The maximum Gasteiger partial charge on any atom is 0.270 e. The first-order chi connectivity index (χ1) is 24.1. The van der Waals surface area contributed by atoms with Gasteiger partial charge in [0.05, 0.1) is 49.1 Å². The van der Waals surface area contributed by atoms with Crippen molar-refractivity contribution in [1.29, 1.82) is 5.26 Å². The van der Waals surface area contributed by atoms with Crippen LogP contribution in [0.2, 0.25) is 0 Å². The lowest BCUT2D eigenvalue weighted by Crippen LogP contribution is -2.73. The van der Waals surface area contributed by atoms with Crippen LogP contribution in [-0.4, -0.2) is 119 Å². The Balaban J connectivity index is 1.21. The molecular formula is C36H40N6O7S. The van der Waals surface area contributed by atoms with Crippen molar-refractivity contribution in [2.75, 3.05) is 83.6 Å². The molecule has 3 saturated heterocycles. The van der Waals surface area contributed by atoms with Crippen LogP contribution in [0.15, 0.2) is 65.7 Å². The molecule has 13 nitrogen and oxygen atoms in total. The molecule has 0 bridgehead atoms. The van der Waals surface area contributed by atoms with E-state index in [4.69, 9.17) is 14.2 Å². The number of nitriles is 1. The highest BCUT2D eigenvalue weighted by Crippen LogP contribution is 2.53. The highest BCUT2D eigenvalue weighted by molar-refractivity contribution is 7.93. The SMILES string of the molecule is CCOc1ncccc1C1(CC(=O)N2CC3(CN(CCN4CCOCC4)C3)C2)C(=O)N(S(=O)(=O)c2ccc(OC)cc2)c2ccc(C#N)cc21. The molecule has 7 rings (SSSR count). The number of hydrogen-bond acceptors (Lipinski definition) is 11. The Morgan fingerprint density at radius 1 is 1.00 bits per heavy atom. The number of carbonyl (C=O) groups is 2. The monoisotopic (exact) mass is 700 g/mol. The van der Waals surface area contributed by atoms with E-state index in [-0.39, 0.29) is 57.5 Å². The molecule has 1 aromatic heterocycles. The topological polar surface area (TPSA) is 146 Å². The van der Waals surface area contributed by atoms with Gasteiger partial charge in [-0.15, -0.1) is 0 Å². The maximum atomic E-state index is 15.1. The number of amides is 2. The molecule has 1 unspecified atom stereocenters. The zero-order valence-electron chi connectivity index (χ0n) is 28.2. The van der Waals surface area contributed by atoms with E-state index < -0.39 is 21.3 Å². The molecule has 0 radical (unpaired) electrons. The number of morpholine rings is 1. The van der Waals surface area contributed by atoms with Crippen LogP contribution in [0.1, 0.15) is 30.0 Å². The summed E-state index contributed by atoms with van der Waals surface area (Å²) in [6.45, 7) is 10.3. The number of nitrogens with zero attached hydrogens (tertiary/aromatic N) is 6. The van der Waals surface area contributed by atoms with Crippen molar-refractivity contribution < 1.29 is 32.2 Å². The number of rotatable bonds is 11. The Bertz CT molecular complexity index is 1930. The van der Waals surface area contributed by atoms with Crippen LogP contribution in [0.25, 0.3) is 0 Å². The molecule has 262 valence electrons. The summed E-state index contributed by atoms with van der Waals surface area (Å²) < 4.78 is 46.0. The lowest BCUT2D eigenvalue weighted by molar-refractivity contribution is -0.161. The number of methoxy groups -OCH3 is 1. The molecule has 0 aliphatic carbocycles. The third kappa shape index (κ3) is 5.77. The zero-order chi connectivity index (χ0) is 35.1. The van der Waals surface area contributed by atoms with Gasteiger partial charge in [0, 0.05) is 76.0 Å². The van der Waals surface area contributed by atoms with Gasteiger partial charge in [-0.05, 0) is 61.0 Å². The first-order valence-corrected chi connectivity index (χ1v) is 18.3. The van der Waals surface area contributed by atoms with Gasteiger partial charge >= 0.3 is 0 Å². The highest BCUT2D eigenvalue weighted by atomic mass is 32.2. The molecule has 4 aliphatic heterocycles. The number of fused-ring (bicyclic) bond motifs is 1. The molecule has 1 spiro atoms. The van der Waals surface area contributed by atoms with Gasteiger partial charge < -0.3 is 24.0 Å². The lowest BCUT2D eigenvalue weighted by Gasteiger charge is -2.60. The van der Waals surface area contributed by atoms with Crippen LogP contribution in [0.4, 0.5) is 5.69 Å². The van der Waals surface area contributed by atoms with Crippen molar-refractivity contribution in [3.05, 3.63) is 77.5 Å². The molecule has 3 aromatic rings. The van der Waals surface area contributed by atoms with Crippen molar-refractivity contribution in [1.82, 2.24) is 19.7 Å². The summed E-state index contributed by atoms with van der Waals surface area (Å²) in [6.07, 6.45) is 1.15. The van der Waals surface area contributed by atoms with Crippen LogP contribution in [0, 0.1) is 16.7 Å². The minimum absolute atomic E-state index is 0.00786. The number of benzene rings is 2. The van der Waals surface area contributed by atoms with Crippen LogP contribution in [0.3, 0.4) is 0 Å². The summed E-state index contributed by atoms with van der Waals surface area (Å²) in [6, 6.07) is 15.5. The number of likely N-dealkylation sites (tertiary alicyclic amines) is 2. The molecule has 5 heterocycles. The van der Waals surface area contributed by atoms with Gasteiger partial charge in [0.1, 0.15) is 11.2 Å². The van der Waals surface area contributed by atoms with E-state index in [9.17, 15) is 18.5 Å². The fourth-order valence-electron chi connectivity index (χ4n) is 7.75. The largest absolute Gasteiger partial charge is 0.497 e. The van der Waals surface area contributed by atoms with Gasteiger partial charge in [0.25, 0.3) is 15.9 Å². The summed E-state index contributed by atoms with van der Waals surface area (Å²) >= 11 is 0. The number of ether oxygens (including phenoxy) is 3. The molecule has 2 aromatic carbocycles. The lowest BCUT2D eigenvalue weighted by atomic mass is 9.70. The maximum absolute atomic E-state index is 15.1. The zero-order valence-corrected chi connectivity index (χ0v) is 29.0. The van der Waals surface area contributed by atoms with Crippen molar-refractivity contribution in [3.8, 4) is 17.7 Å². The predicted octanol–water partition coefficient (Wildman–Crippen LogP) is 2.25. The second-order valence-electron chi connectivity index (χ2n) is 13.4. The van der Waals surface area contributed by atoms with E-state index >= 15 is 4.79 Å². The smallest absolute Gasteiger partial charge is 0.270 e. The van der Waals surface area contributed by atoms with Crippen LogP contribution in [-0.2, 0) is 29.8 Å². The molecule has 1 atom stereocenters. The molecule has 2 amide bonds. The van der Waals surface area contributed by atoms with Crippen molar-refractivity contribution in [2.24, 2.45) is 5.41 Å².